The molecule has 19 heavy (non-hydrogen) atoms. The third kappa shape index (κ3) is 3.58. The van der Waals surface area contributed by atoms with Crippen molar-refractivity contribution in [2.75, 3.05) is 7.11 Å². The van der Waals surface area contributed by atoms with E-state index in [1.165, 1.54) is 0 Å². The number of carbonyl (C=O) groups is 1. The van der Waals surface area contributed by atoms with Gasteiger partial charge in [-0.3, -0.25) is 4.79 Å². The van der Waals surface area contributed by atoms with Crippen LogP contribution in [0.1, 0.15) is 15.9 Å². The van der Waals surface area contributed by atoms with Gasteiger partial charge in [-0.1, -0.05) is 33.6 Å². The summed E-state index contributed by atoms with van der Waals surface area (Å²) >= 11 is 9.45. The maximum atomic E-state index is 12.1. The lowest BCUT2D eigenvalue weighted by Crippen LogP contribution is -2.04. The van der Waals surface area contributed by atoms with Gasteiger partial charge in [0.15, 0.2) is 5.78 Å². The molecule has 0 spiro atoms. The van der Waals surface area contributed by atoms with Crippen LogP contribution >= 0.6 is 27.5 Å². The molecule has 0 amide bonds. The number of benzene rings is 2. The fourth-order valence-corrected chi connectivity index (χ4v) is 2.46. The number of methoxy groups -OCH3 is 1. The zero-order valence-electron chi connectivity index (χ0n) is 10.3. The summed E-state index contributed by atoms with van der Waals surface area (Å²) in [6.07, 6.45) is 0.290. The van der Waals surface area contributed by atoms with E-state index in [0.29, 0.717) is 17.0 Å². The Morgan fingerprint density at radius 2 is 1.89 bits per heavy atom. The van der Waals surface area contributed by atoms with E-state index in [4.69, 9.17) is 16.3 Å². The largest absolute Gasteiger partial charge is 0.497 e. The quantitative estimate of drug-likeness (QED) is 0.765. The van der Waals surface area contributed by atoms with E-state index in [0.717, 1.165) is 15.8 Å². The van der Waals surface area contributed by atoms with Crippen LogP contribution in [0.5, 0.6) is 5.75 Å². The van der Waals surface area contributed by atoms with Gasteiger partial charge in [0.05, 0.1) is 7.11 Å². The SMILES string of the molecule is COc1ccc(C(=O)Cc2ccc(Br)cc2Cl)cc1. The highest BCUT2D eigenvalue weighted by molar-refractivity contribution is 9.10. The number of Topliss-reactive ketones (excluding diaryl/α,β-unsaturated/α-hetero) is 1. The molecular weight excluding hydrogens is 328 g/mol. The minimum absolute atomic E-state index is 0.0341. The van der Waals surface area contributed by atoms with Crippen molar-refractivity contribution in [3.8, 4) is 5.75 Å². The first kappa shape index (κ1) is 14.1. The zero-order valence-corrected chi connectivity index (χ0v) is 12.7. The van der Waals surface area contributed by atoms with Crippen molar-refractivity contribution in [3.63, 3.8) is 0 Å². The maximum absolute atomic E-state index is 12.1. The maximum Gasteiger partial charge on any atom is 0.167 e. The van der Waals surface area contributed by atoms with Gasteiger partial charge in [-0.05, 0) is 42.0 Å². The molecule has 0 saturated carbocycles. The third-order valence-electron chi connectivity index (χ3n) is 2.78. The predicted octanol–water partition coefficient (Wildman–Crippen LogP) is 4.54. The molecule has 0 bridgehead atoms. The van der Waals surface area contributed by atoms with Gasteiger partial charge in [0.25, 0.3) is 0 Å². The monoisotopic (exact) mass is 338 g/mol. The van der Waals surface area contributed by atoms with Gasteiger partial charge in [0.2, 0.25) is 0 Å². The highest BCUT2D eigenvalue weighted by atomic mass is 79.9. The number of hydrogen-bond donors (Lipinski definition) is 0. The number of halogens is 2. The van der Waals surface area contributed by atoms with Gasteiger partial charge in [-0.25, -0.2) is 0 Å². The van der Waals surface area contributed by atoms with Crippen molar-refractivity contribution in [1.82, 2.24) is 0 Å². The highest BCUT2D eigenvalue weighted by Gasteiger charge is 2.10. The Bertz CT molecular complexity index is 594. The first-order valence-electron chi connectivity index (χ1n) is 5.71. The molecule has 0 aromatic heterocycles. The van der Waals surface area contributed by atoms with E-state index in [1.807, 2.05) is 12.1 Å². The lowest BCUT2D eigenvalue weighted by Gasteiger charge is -2.05. The Morgan fingerprint density at radius 1 is 1.21 bits per heavy atom. The van der Waals surface area contributed by atoms with Crippen molar-refractivity contribution in [3.05, 3.63) is 63.1 Å². The van der Waals surface area contributed by atoms with Crippen LogP contribution in [0.3, 0.4) is 0 Å². The molecule has 2 rings (SSSR count). The van der Waals surface area contributed by atoms with E-state index in [-0.39, 0.29) is 5.78 Å². The Labute approximate surface area is 125 Å². The summed E-state index contributed by atoms with van der Waals surface area (Å²) in [4.78, 5) is 12.1. The normalized spacial score (nSPS) is 10.3. The van der Waals surface area contributed by atoms with Gasteiger partial charge >= 0.3 is 0 Å². The van der Waals surface area contributed by atoms with Gasteiger partial charge in [-0.15, -0.1) is 0 Å². The standard InChI is InChI=1S/C15H12BrClO2/c1-19-13-6-3-10(4-7-13)15(18)8-11-2-5-12(16)9-14(11)17/h2-7,9H,8H2,1H3. The Kier molecular flexibility index (Phi) is 4.61. The summed E-state index contributed by atoms with van der Waals surface area (Å²) in [6.45, 7) is 0. The number of ketones is 1. The van der Waals surface area contributed by atoms with Crippen LogP contribution in [-0.4, -0.2) is 12.9 Å². The summed E-state index contributed by atoms with van der Waals surface area (Å²) in [6, 6.07) is 12.6. The van der Waals surface area contributed by atoms with Gasteiger partial charge in [-0.2, -0.15) is 0 Å². The number of rotatable bonds is 4. The van der Waals surface area contributed by atoms with Crippen molar-refractivity contribution < 1.29 is 9.53 Å². The van der Waals surface area contributed by atoms with E-state index in [9.17, 15) is 4.79 Å². The Morgan fingerprint density at radius 3 is 2.47 bits per heavy atom. The van der Waals surface area contributed by atoms with E-state index in [2.05, 4.69) is 15.9 Å². The smallest absolute Gasteiger partial charge is 0.167 e. The van der Waals surface area contributed by atoms with Gasteiger partial charge in [0, 0.05) is 21.5 Å². The molecule has 2 nitrogen and oxygen atoms in total. The third-order valence-corrected chi connectivity index (χ3v) is 3.62. The molecule has 0 fully saturated rings. The molecule has 2 aromatic rings. The minimum atomic E-state index is 0.0341. The average Bonchev–Trinajstić information content (AvgIpc) is 2.42. The second-order valence-electron chi connectivity index (χ2n) is 4.06. The number of hydrogen-bond acceptors (Lipinski definition) is 2. The first-order valence-corrected chi connectivity index (χ1v) is 6.88. The highest BCUT2D eigenvalue weighted by Crippen LogP contribution is 2.23. The minimum Gasteiger partial charge on any atom is -0.497 e. The van der Waals surface area contributed by atoms with Crippen LogP contribution in [-0.2, 0) is 6.42 Å². The molecule has 0 radical (unpaired) electrons. The van der Waals surface area contributed by atoms with Crippen molar-refractivity contribution in [2.24, 2.45) is 0 Å². The second-order valence-corrected chi connectivity index (χ2v) is 5.39. The molecule has 0 N–H and O–H groups in total. The molecule has 0 saturated heterocycles. The lowest BCUT2D eigenvalue weighted by molar-refractivity contribution is 0.0993. The van der Waals surface area contributed by atoms with E-state index < -0.39 is 0 Å². The molecule has 4 heteroatoms. The molecule has 0 unspecified atom stereocenters. The summed E-state index contributed by atoms with van der Waals surface area (Å²) in [5.41, 5.74) is 1.48. The number of carbonyl (C=O) groups excluding carboxylic acids is 1. The van der Waals surface area contributed by atoms with Crippen LogP contribution < -0.4 is 4.74 Å². The molecule has 98 valence electrons. The molecule has 0 aliphatic carbocycles. The molecule has 2 aromatic carbocycles. The summed E-state index contributed by atoms with van der Waals surface area (Å²) in [5.74, 6) is 0.769. The van der Waals surface area contributed by atoms with Crippen LogP contribution in [0.25, 0.3) is 0 Å². The molecule has 0 aliphatic rings. The summed E-state index contributed by atoms with van der Waals surface area (Å²) < 4.78 is 5.96. The van der Waals surface area contributed by atoms with E-state index >= 15 is 0 Å². The lowest BCUT2D eigenvalue weighted by atomic mass is 10.0. The van der Waals surface area contributed by atoms with Crippen LogP contribution in [0.15, 0.2) is 46.9 Å². The summed E-state index contributed by atoms with van der Waals surface area (Å²) in [5, 5.41) is 0.594. The van der Waals surface area contributed by atoms with Crippen LogP contribution in [0.4, 0.5) is 0 Å². The zero-order chi connectivity index (χ0) is 13.8. The molecule has 0 atom stereocenters. The fraction of sp³-hybridized carbons (Fsp3) is 0.133. The van der Waals surface area contributed by atoms with Crippen molar-refractivity contribution in [2.45, 2.75) is 6.42 Å². The topological polar surface area (TPSA) is 26.3 Å². The Hall–Kier alpha value is -1.32. The first-order chi connectivity index (χ1) is 9.10. The predicted molar refractivity (Wildman–Crippen MR) is 80.2 cm³/mol. The fourth-order valence-electron chi connectivity index (χ4n) is 1.72. The van der Waals surface area contributed by atoms with Crippen molar-refractivity contribution in [1.29, 1.82) is 0 Å². The average molecular weight is 340 g/mol. The Balaban J connectivity index is 2.15. The molecule has 0 aliphatic heterocycles. The van der Waals surface area contributed by atoms with Crippen LogP contribution in [0, 0.1) is 0 Å². The van der Waals surface area contributed by atoms with Crippen LogP contribution in [0.2, 0.25) is 5.02 Å². The second kappa shape index (κ2) is 6.22. The van der Waals surface area contributed by atoms with Gasteiger partial charge < -0.3 is 4.74 Å². The van der Waals surface area contributed by atoms with E-state index in [1.54, 1.807) is 37.4 Å². The summed E-state index contributed by atoms with van der Waals surface area (Å²) in [7, 11) is 1.60. The number of ether oxygens (including phenoxy) is 1. The molecular formula is C15H12BrClO2. The van der Waals surface area contributed by atoms with Crippen molar-refractivity contribution >= 4 is 33.3 Å². The van der Waals surface area contributed by atoms with Gasteiger partial charge in [0.1, 0.15) is 5.75 Å². The molecule has 0 heterocycles.